The fraction of sp³-hybridized carbons (Fsp3) is 0.261. The van der Waals surface area contributed by atoms with E-state index < -0.39 is 5.82 Å². The number of hydrogen-bond donors (Lipinski definition) is 0. The first kappa shape index (κ1) is 21.1. The van der Waals surface area contributed by atoms with Gasteiger partial charge in [-0.3, -0.25) is 4.98 Å². The normalized spacial score (nSPS) is 14.5. The molecule has 6 heteroatoms. The maximum absolute atomic E-state index is 13.7. The van der Waals surface area contributed by atoms with Crippen molar-refractivity contribution in [1.82, 2.24) is 4.98 Å². The second kappa shape index (κ2) is 9.72. The molecule has 0 radical (unpaired) electrons. The molecule has 29 heavy (non-hydrogen) atoms. The maximum Gasteiger partial charge on any atom is 0.141 e. The lowest BCUT2D eigenvalue weighted by molar-refractivity contribution is 0.156. The van der Waals surface area contributed by atoms with Crippen molar-refractivity contribution in [2.45, 2.75) is 13.8 Å². The highest BCUT2D eigenvalue weighted by atomic mass is 35.5. The van der Waals surface area contributed by atoms with Gasteiger partial charge in [-0.25, -0.2) is 4.39 Å². The molecule has 4 nitrogen and oxygen atoms in total. The Kier molecular flexibility index (Phi) is 7.07. The fourth-order valence-corrected chi connectivity index (χ4v) is 3.25. The van der Waals surface area contributed by atoms with Crippen LogP contribution in [0.2, 0.25) is 5.02 Å². The summed E-state index contributed by atoms with van der Waals surface area (Å²) in [5.41, 5.74) is 3.41. The van der Waals surface area contributed by atoms with Gasteiger partial charge in [0.2, 0.25) is 0 Å². The largest absolute Gasteiger partial charge is 0.489 e. The van der Waals surface area contributed by atoms with Gasteiger partial charge in [-0.05, 0) is 48.0 Å². The smallest absolute Gasteiger partial charge is 0.141 e. The first-order valence-electron chi connectivity index (χ1n) is 9.60. The zero-order valence-electron chi connectivity index (χ0n) is 16.6. The lowest BCUT2D eigenvalue weighted by Crippen LogP contribution is -2.24. The predicted molar refractivity (Wildman–Crippen MR) is 117 cm³/mol. The zero-order valence-corrected chi connectivity index (χ0v) is 17.4. The molecule has 0 spiro atoms. The van der Waals surface area contributed by atoms with Crippen LogP contribution in [0.25, 0.3) is 10.9 Å². The second-order valence-corrected chi connectivity index (χ2v) is 6.76. The van der Waals surface area contributed by atoms with Crippen LogP contribution in [0.4, 0.5) is 15.8 Å². The lowest BCUT2D eigenvalue weighted by atomic mass is 10.1. The van der Waals surface area contributed by atoms with E-state index in [9.17, 15) is 4.39 Å². The van der Waals surface area contributed by atoms with E-state index in [1.165, 1.54) is 6.07 Å². The van der Waals surface area contributed by atoms with Gasteiger partial charge in [0.05, 0.1) is 29.4 Å². The van der Waals surface area contributed by atoms with Crippen LogP contribution in [0.3, 0.4) is 0 Å². The van der Waals surface area contributed by atoms with Gasteiger partial charge >= 0.3 is 0 Å². The van der Waals surface area contributed by atoms with E-state index in [1.54, 1.807) is 18.3 Å². The highest BCUT2D eigenvalue weighted by Crippen LogP contribution is 2.35. The maximum atomic E-state index is 13.7. The molecule has 1 aliphatic rings. The van der Waals surface area contributed by atoms with Crippen LogP contribution in [-0.4, -0.2) is 31.3 Å². The van der Waals surface area contributed by atoms with E-state index in [4.69, 9.17) is 21.1 Å². The summed E-state index contributed by atoms with van der Waals surface area (Å²) in [6.45, 7) is 9.84. The molecule has 0 saturated heterocycles. The Morgan fingerprint density at radius 2 is 1.93 bits per heavy atom. The van der Waals surface area contributed by atoms with Crippen molar-refractivity contribution in [2.75, 3.05) is 31.3 Å². The van der Waals surface area contributed by atoms with Crippen molar-refractivity contribution in [1.29, 1.82) is 0 Å². The SMILES string of the molecule is C=C1COCCN(c2ccc(F)c(Cl)c2)c2ccnc3ccc(cc23)OC1.CC. The van der Waals surface area contributed by atoms with E-state index in [0.29, 0.717) is 26.4 Å². The minimum absolute atomic E-state index is 0.0790. The molecule has 2 heterocycles. The third-order valence-electron chi connectivity index (χ3n) is 4.40. The summed E-state index contributed by atoms with van der Waals surface area (Å²) >= 11 is 6.02. The Bertz CT molecular complexity index is 1010. The highest BCUT2D eigenvalue weighted by molar-refractivity contribution is 6.31. The summed E-state index contributed by atoms with van der Waals surface area (Å²) in [5, 5.41) is 1.01. The monoisotopic (exact) mass is 414 g/mol. The van der Waals surface area contributed by atoms with Gasteiger partial charge in [-0.1, -0.05) is 32.0 Å². The van der Waals surface area contributed by atoms with Gasteiger partial charge < -0.3 is 14.4 Å². The van der Waals surface area contributed by atoms with E-state index >= 15 is 0 Å². The van der Waals surface area contributed by atoms with Gasteiger partial charge in [-0.2, -0.15) is 0 Å². The topological polar surface area (TPSA) is 34.6 Å². The number of aromatic nitrogens is 1. The lowest BCUT2D eigenvalue weighted by Gasteiger charge is -2.27. The average molecular weight is 415 g/mol. The molecule has 0 unspecified atom stereocenters. The standard InChI is InChI=1S/C21H18ClFN2O2.C2H6/c1-14-12-26-9-8-25(15-2-4-19(23)18(22)10-15)21-6-7-24-20-5-3-16(27-13-14)11-17(20)21;1-2/h2-7,10-11H,1,8-9,12-13H2;1-2H3. The van der Waals surface area contributed by atoms with Crippen LogP contribution in [0.15, 0.2) is 60.8 Å². The van der Waals surface area contributed by atoms with Crippen molar-refractivity contribution in [2.24, 2.45) is 0 Å². The van der Waals surface area contributed by atoms with Crippen LogP contribution in [-0.2, 0) is 4.74 Å². The molecular weight excluding hydrogens is 391 g/mol. The summed E-state index contributed by atoms with van der Waals surface area (Å²) in [7, 11) is 0. The quantitative estimate of drug-likeness (QED) is 0.447. The number of anilines is 2. The molecule has 3 aromatic rings. The van der Waals surface area contributed by atoms with Crippen molar-refractivity contribution < 1.29 is 13.9 Å². The van der Waals surface area contributed by atoms with Gasteiger partial charge in [0.25, 0.3) is 0 Å². The molecule has 1 aliphatic heterocycles. The highest BCUT2D eigenvalue weighted by Gasteiger charge is 2.16. The first-order chi connectivity index (χ1) is 14.1. The minimum atomic E-state index is -0.447. The first-order valence-corrected chi connectivity index (χ1v) is 9.98. The van der Waals surface area contributed by atoms with Crippen LogP contribution >= 0.6 is 11.6 Å². The van der Waals surface area contributed by atoms with Crippen molar-refractivity contribution in [3.8, 4) is 5.75 Å². The summed E-state index contributed by atoms with van der Waals surface area (Å²) in [6, 6.07) is 12.4. The van der Waals surface area contributed by atoms with E-state index in [2.05, 4.69) is 11.6 Å². The Morgan fingerprint density at radius 1 is 1.10 bits per heavy atom. The molecule has 0 amide bonds. The Morgan fingerprint density at radius 3 is 2.72 bits per heavy atom. The van der Waals surface area contributed by atoms with Crippen LogP contribution < -0.4 is 9.64 Å². The van der Waals surface area contributed by atoms with Gasteiger partial charge in [-0.15, -0.1) is 0 Å². The number of ether oxygens (including phenoxy) is 2. The van der Waals surface area contributed by atoms with Gasteiger partial charge in [0.15, 0.2) is 0 Å². The molecule has 1 aromatic heterocycles. The summed E-state index contributed by atoms with van der Waals surface area (Å²) < 4.78 is 25.2. The van der Waals surface area contributed by atoms with Gasteiger partial charge in [0.1, 0.15) is 18.2 Å². The zero-order chi connectivity index (χ0) is 20.8. The van der Waals surface area contributed by atoms with E-state index in [1.807, 2.05) is 43.0 Å². The third kappa shape index (κ3) is 4.86. The fourth-order valence-electron chi connectivity index (χ4n) is 3.08. The molecule has 0 N–H and O–H groups in total. The molecule has 0 saturated carbocycles. The molecule has 0 aliphatic carbocycles. The van der Waals surface area contributed by atoms with Crippen LogP contribution in [0.5, 0.6) is 5.75 Å². The molecule has 2 bridgehead atoms. The van der Waals surface area contributed by atoms with Crippen LogP contribution in [0, 0.1) is 5.82 Å². The number of fused-ring (bicyclic) bond motifs is 1. The van der Waals surface area contributed by atoms with Gasteiger partial charge in [0, 0.05) is 23.8 Å². The number of hydrogen-bond acceptors (Lipinski definition) is 4. The Labute approximate surface area is 175 Å². The average Bonchev–Trinajstić information content (AvgIpc) is 2.75. The second-order valence-electron chi connectivity index (χ2n) is 6.35. The molecule has 2 aromatic carbocycles. The summed E-state index contributed by atoms with van der Waals surface area (Å²) in [6.07, 6.45) is 1.75. The number of nitrogens with zero attached hydrogens (tertiary/aromatic N) is 2. The summed E-state index contributed by atoms with van der Waals surface area (Å²) in [4.78, 5) is 6.49. The number of pyridine rings is 1. The molecule has 4 rings (SSSR count). The molecule has 152 valence electrons. The Balaban J connectivity index is 0.00000117. The third-order valence-corrected chi connectivity index (χ3v) is 4.69. The van der Waals surface area contributed by atoms with E-state index in [-0.39, 0.29) is 5.02 Å². The predicted octanol–water partition coefficient (Wildman–Crippen LogP) is 6.16. The number of benzene rings is 2. The molecule has 0 atom stereocenters. The van der Waals surface area contributed by atoms with Crippen molar-refractivity contribution in [3.05, 3.63) is 71.7 Å². The van der Waals surface area contributed by atoms with Crippen LogP contribution in [0.1, 0.15) is 13.8 Å². The molecular formula is C23H24ClFN2O2. The number of rotatable bonds is 1. The van der Waals surface area contributed by atoms with E-state index in [0.717, 1.165) is 33.6 Å². The minimum Gasteiger partial charge on any atom is -0.489 e. The van der Waals surface area contributed by atoms with Crippen molar-refractivity contribution >= 4 is 33.9 Å². The van der Waals surface area contributed by atoms with Crippen molar-refractivity contribution in [3.63, 3.8) is 0 Å². The number of halogens is 2. The molecule has 0 fully saturated rings. The Hall–Kier alpha value is -2.63. The summed E-state index contributed by atoms with van der Waals surface area (Å²) in [5.74, 6) is 0.285.